The number of hydrogen-bond donors (Lipinski definition) is 2. The van der Waals surface area contributed by atoms with Gasteiger partial charge in [0, 0.05) is 28.7 Å². The Morgan fingerprint density at radius 2 is 1.75 bits per heavy atom. The van der Waals surface area contributed by atoms with Crippen LogP contribution in [0.1, 0.15) is 34.6 Å². The predicted molar refractivity (Wildman–Crippen MR) is 110 cm³/mol. The molecule has 6 heteroatoms. The van der Waals surface area contributed by atoms with Gasteiger partial charge in [0.05, 0.1) is 6.61 Å². The second-order valence-electron chi connectivity index (χ2n) is 6.10. The first-order valence-corrected chi connectivity index (χ1v) is 8.93. The smallest absolute Gasteiger partial charge is 0.255 e. The van der Waals surface area contributed by atoms with Crippen LogP contribution in [0.5, 0.6) is 5.75 Å². The summed E-state index contributed by atoms with van der Waals surface area (Å²) in [7, 11) is 0. The summed E-state index contributed by atoms with van der Waals surface area (Å²) in [6.45, 7) is 4.03. The van der Waals surface area contributed by atoms with E-state index in [4.69, 9.17) is 4.74 Å². The molecule has 0 atom stereocenters. The van der Waals surface area contributed by atoms with Gasteiger partial charge in [-0.25, -0.2) is 4.98 Å². The molecular weight excluding hydrogens is 354 g/mol. The maximum atomic E-state index is 12.5. The first-order valence-electron chi connectivity index (χ1n) is 8.93. The highest BCUT2D eigenvalue weighted by Gasteiger charge is 2.09. The highest BCUT2D eigenvalue weighted by molar-refractivity contribution is 6.05. The lowest BCUT2D eigenvalue weighted by molar-refractivity contribution is 0.101. The number of nitrogens with one attached hydrogen (secondary N) is 2. The standard InChI is InChI=1S/C22H21N3O3/c1-3-28-20-9-7-18(8-10-20)24-21-14-17(11-12-23-21)22(27)25-19-6-4-5-16(13-19)15(2)26/h4-14H,3H2,1-2H3,(H,23,24)(H,25,27). The van der Waals surface area contributed by atoms with Gasteiger partial charge < -0.3 is 15.4 Å². The molecule has 2 N–H and O–H groups in total. The maximum Gasteiger partial charge on any atom is 0.255 e. The molecule has 1 heterocycles. The van der Waals surface area contributed by atoms with E-state index in [1.165, 1.54) is 6.92 Å². The maximum absolute atomic E-state index is 12.5. The van der Waals surface area contributed by atoms with Gasteiger partial charge in [-0.3, -0.25) is 9.59 Å². The number of anilines is 3. The Balaban J connectivity index is 1.70. The zero-order valence-corrected chi connectivity index (χ0v) is 15.7. The molecule has 3 aromatic rings. The van der Waals surface area contributed by atoms with E-state index in [-0.39, 0.29) is 11.7 Å². The van der Waals surface area contributed by atoms with Crippen LogP contribution in [-0.4, -0.2) is 23.3 Å². The number of benzene rings is 2. The molecule has 0 spiro atoms. The number of amides is 1. The fourth-order valence-corrected chi connectivity index (χ4v) is 2.61. The van der Waals surface area contributed by atoms with E-state index in [2.05, 4.69) is 15.6 Å². The van der Waals surface area contributed by atoms with Crippen molar-refractivity contribution in [2.75, 3.05) is 17.2 Å². The van der Waals surface area contributed by atoms with Crippen LogP contribution >= 0.6 is 0 Å². The fourth-order valence-electron chi connectivity index (χ4n) is 2.61. The number of nitrogens with zero attached hydrogens (tertiary/aromatic N) is 1. The molecule has 0 saturated carbocycles. The van der Waals surface area contributed by atoms with Crippen LogP contribution in [0.25, 0.3) is 0 Å². The van der Waals surface area contributed by atoms with Crippen LogP contribution in [0, 0.1) is 0 Å². The molecule has 0 aliphatic heterocycles. The van der Waals surface area contributed by atoms with Crippen molar-refractivity contribution in [3.05, 3.63) is 78.0 Å². The molecule has 142 valence electrons. The number of pyridine rings is 1. The van der Waals surface area contributed by atoms with Crippen LogP contribution in [0.4, 0.5) is 17.2 Å². The van der Waals surface area contributed by atoms with Crippen molar-refractivity contribution in [2.45, 2.75) is 13.8 Å². The second kappa shape index (κ2) is 8.81. The summed E-state index contributed by atoms with van der Waals surface area (Å²) in [6.07, 6.45) is 1.57. The van der Waals surface area contributed by atoms with Crippen molar-refractivity contribution >= 4 is 28.9 Å². The van der Waals surface area contributed by atoms with Crippen LogP contribution in [-0.2, 0) is 0 Å². The number of rotatable bonds is 7. The molecule has 0 unspecified atom stereocenters. The number of hydrogen-bond acceptors (Lipinski definition) is 5. The first kappa shape index (κ1) is 19.1. The molecule has 2 aromatic carbocycles. The lowest BCUT2D eigenvalue weighted by Crippen LogP contribution is -2.12. The van der Waals surface area contributed by atoms with E-state index < -0.39 is 0 Å². The van der Waals surface area contributed by atoms with E-state index >= 15 is 0 Å². The van der Waals surface area contributed by atoms with E-state index in [0.29, 0.717) is 29.2 Å². The molecule has 0 aliphatic rings. The quantitative estimate of drug-likeness (QED) is 0.586. The van der Waals surface area contributed by atoms with Crippen molar-refractivity contribution < 1.29 is 14.3 Å². The van der Waals surface area contributed by atoms with Crippen molar-refractivity contribution in [3.63, 3.8) is 0 Å². The van der Waals surface area contributed by atoms with E-state index in [1.807, 2.05) is 31.2 Å². The van der Waals surface area contributed by atoms with Crippen molar-refractivity contribution in [2.24, 2.45) is 0 Å². The summed E-state index contributed by atoms with van der Waals surface area (Å²) >= 11 is 0. The Hall–Kier alpha value is -3.67. The topological polar surface area (TPSA) is 80.3 Å². The van der Waals surface area contributed by atoms with Gasteiger partial charge in [-0.2, -0.15) is 0 Å². The number of ether oxygens (including phenoxy) is 1. The molecule has 0 bridgehead atoms. The third-order valence-corrected chi connectivity index (χ3v) is 3.99. The molecule has 6 nitrogen and oxygen atoms in total. The molecule has 0 saturated heterocycles. The Morgan fingerprint density at radius 1 is 0.964 bits per heavy atom. The SMILES string of the molecule is CCOc1ccc(Nc2cc(C(=O)Nc3cccc(C(C)=O)c3)ccn2)cc1. The summed E-state index contributed by atoms with van der Waals surface area (Å²) in [5, 5.41) is 5.97. The number of Topliss-reactive ketones (excluding diaryl/α,β-unsaturated/α-hetero) is 1. The van der Waals surface area contributed by atoms with Crippen LogP contribution in [0.3, 0.4) is 0 Å². The predicted octanol–water partition coefficient (Wildman–Crippen LogP) is 4.68. The Morgan fingerprint density at radius 3 is 2.46 bits per heavy atom. The van der Waals surface area contributed by atoms with E-state index in [9.17, 15) is 9.59 Å². The minimum Gasteiger partial charge on any atom is -0.494 e. The van der Waals surface area contributed by atoms with Crippen molar-refractivity contribution in [3.8, 4) is 5.75 Å². The molecule has 0 radical (unpaired) electrons. The largest absolute Gasteiger partial charge is 0.494 e. The zero-order valence-electron chi connectivity index (χ0n) is 15.7. The molecule has 3 rings (SSSR count). The number of carbonyl (C=O) groups excluding carboxylic acids is 2. The Kier molecular flexibility index (Phi) is 6.01. The first-order chi connectivity index (χ1) is 13.5. The summed E-state index contributed by atoms with van der Waals surface area (Å²) in [4.78, 5) is 28.3. The van der Waals surface area contributed by atoms with Gasteiger partial charge in [-0.1, -0.05) is 12.1 Å². The lowest BCUT2D eigenvalue weighted by Gasteiger charge is -2.10. The van der Waals surface area contributed by atoms with Gasteiger partial charge in [0.25, 0.3) is 5.91 Å². The normalized spacial score (nSPS) is 10.2. The van der Waals surface area contributed by atoms with Gasteiger partial charge in [0.15, 0.2) is 5.78 Å². The third kappa shape index (κ3) is 4.94. The summed E-state index contributed by atoms with van der Waals surface area (Å²) in [5.41, 5.74) is 2.40. The van der Waals surface area contributed by atoms with Gasteiger partial charge in [0.2, 0.25) is 0 Å². The van der Waals surface area contributed by atoms with Crippen LogP contribution in [0.15, 0.2) is 66.9 Å². The molecule has 1 aromatic heterocycles. The number of aromatic nitrogens is 1. The van der Waals surface area contributed by atoms with Gasteiger partial charge in [-0.05, 0) is 62.4 Å². The van der Waals surface area contributed by atoms with Crippen LogP contribution in [0.2, 0.25) is 0 Å². The van der Waals surface area contributed by atoms with Gasteiger partial charge in [-0.15, -0.1) is 0 Å². The minimum atomic E-state index is -0.280. The molecule has 1 amide bonds. The fraction of sp³-hybridized carbons (Fsp3) is 0.136. The third-order valence-electron chi connectivity index (χ3n) is 3.99. The number of carbonyl (C=O) groups is 2. The molecular formula is C22H21N3O3. The average molecular weight is 375 g/mol. The Labute approximate surface area is 163 Å². The van der Waals surface area contributed by atoms with Crippen molar-refractivity contribution in [1.29, 1.82) is 0 Å². The molecule has 0 aliphatic carbocycles. The zero-order chi connectivity index (χ0) is 19.9. The average Bonchev–Trinajstić information content (AvgIpc) is 2.70. The highest BCUT2D eigenvalue weighted by atomic mass is 16.5. The minimum absolute atomic E-state index is 0.0538. The summed E-state index contributed by atoms with van der Waals surface area (Å²) in [6, 6.07) is 17.6. The van der Waals surface area contributed by atoms with Gasteiger partial charge in [0.1, 0.15) is 11.6 Å². The van der Waals surface area contributed by atoms with Crippen LogP contribution < -0.4 is 15.4 Å². The molecule has 0 fully saturated rings. The van der Waals surface area contributed by atoms with E-state index in [1.54, 1.807) is 42.6 Å². The molecule has 28 heavy (non-hydrogen) atoms. The lowest BCUT2D eigenvalue weighted by atomic mass is 10.1. The monoisotopic (exact) mass is 375 g/mol. The Bertz CT molecular complexity index is 984. The van der Waals surface area contributed by atoms with Gasteiger partial charge >= 0.3 is 0 Å². The summed E-state index contributed by atoms with van der Waals surface area (Å²) < 4.78 is 5.42. The summed E-state index contributed by atoms with van der Waals surface area (Å²) in [5.74, 6) is 1.01. The van der Waals surface area contributed by atoms with Crippen molar-refractivity contribution in [1.82, 2.24) is 4.98 Å². The van der Waals surface area contributed by atoms with E-state index in [0.717, 1.165) is 11.4 Å². The highest BCUT2D eigenvalue weighted by Crippen LogP contribution is 2.20. The second-order valence-corrected chi connectivity index (χ2v) is 6.10. The number of ketones is 1.